The van der Waals surface area contributed by atoms with Gasteiger partial charge in [0, 0.05) is 48.1 Å². The first-order valence-corrected chi connectivity index (χ1v) is 9.95. The number of halogens is 1. The Morgan fingerprint density at radius 1 is 1.19 bits per heavy atom. The lowest BCUT2D eigenvalue weighted by molar-refractivity contribution is 0.277. The summed E-state index contributed by atoms with van der Waals surface area (Å²) in [5.41, 5.74) is 4.23. The van der Waals surface area contributed by atoms with Crippen molar-refractivity contribution in [1.82, 2.24) is 19.4 Å². The summed E-state index contributed by atoms with van der Waals surface area (Å²) in [6.07, 6.45) is 6.52. The third-order valence-corrected chi connectivity index (χ3v) is 5.55. The molecule has 7 nitrogen and oxygen atoms in total. The van der Waals surface area contributed by atoms with Gasteiger partial charge in [-0.1, -0.05) is 6.07 Å². The molecular weight excluding hydrogens is 397 g/mol. The second-order valence-corrected chi connectivity index (χ2v) is 7.28. The summed E-state index contributed by atoms with van der Waals surface area (Å²) in [6.45, 7) is 0.338. The zero-order valence-corrected chi connectivity index (χ0v) is 16.5. The SMILES string of the molecule is N#Cc1cn2c(CCc3c(F)ccc4c3CCO4)ncc(-c3cccnc3CO)c2n1. The van der Waals surface area contributed by atoms with E-state index in [-0.39, 0.29) is 18.1 Å². The van der Waals surface area contributed by atoms with Gasteiger partial charge in [0.25, 0.3) is 0 Å². The van der Waals surface area contributed by atoms with E-state index in [9.17, 15) is 14.8 Å². The molecule has 0 saturated heterocycles. The van der Waals surface area contributed by atoms with Crippen LogP contribution in [0.15, 0.2) is 42.9 Å². The van der Waals surface area contributed by atoms with Crippen LogP contribution in [-0.4, -0.2) is 31.1 Å². The van der Waals surface area contributed by atoms with Crippen molar-refractivity contribution < 1.29 is 14.2 Å². The molecule has 0 atom stereocenters. The van der Waals surface area contributed by atoms with Crippen molar-refractivity contribution in [2.45, 2.75) is 25.9 Å². The molecule has 1 N–H and O–H groups in total. The highest BCUT2D eigenvalue weighted by Gasteiger charge is 2.21. The van der Waals surface area contributed by atoms with E-state index in [1.54, 1.807) is 35.1 Å². The normalized spacial score (nSPS) is 12.5. The maximum absolute atomic E-state index is 14.5. The maximum atomic E-state index is 14.5. The molecule has 0 aliphatic carbocycles. The molecule has 1 aliphatic heterocycles. The van der Waals surface area contributed by atoms with Gasteiger partial charge < -0.3 is 9.84 Å². The third-order valence-electron chi connectivity index (χ3n) is 5.55. The van der Waals surface area contributed by atoms with Crippen LogP contribution in [0.25, 0.3) is 16.8 Å². The van der Waals surface area contributed by atoms with E-state index in [0.717, 1.165) is 11.3 Å². The fourth-order valence-electron chi connectivity index (χ4n) is 4.09. The molecule has 3 aromatic heterocycles. The van der Waals surface area contributed by atoms with Crippen LogP contribution in [0.1, 0.15) is 28.3 Å². The van der Waals surface area contributed by atoms with E-state index < -0.39 is 0 Å². The Labute approximate surface area is 177 Å². The van der Waals surface area contributed by atoms with Gasteiger partial charge in [-0.2, -0.15) is 5.26 Å². The first kappa shape index (κ1) is 19.2. The number of hydrogen-bond donors (Lipinski definition) is 1. The number of ether oxygens (including phenoxy) is 1. The van der Waals surface area contributed by atoms with Gasteiger partial charge in [-0.3, -0.25) is 9.38 Å². The second-order valence-electron chi connectivity index (χ2n) is 7.28. The Morgan fingerprint density at radius 2 is 2.10 bits per heavy atom. The van der Waals surface area contributed by atoms with Gasteiger partial charge in [0.1, 0.15) is 29.1 Å². The summed E-state index contributed by atoms with van der Waals surface area (Å²) in [5.74, 6) is 1.16. The van der Waals surface area contributed by atoms with Crippen LogP contribution in [-0.2, 0) is 25.9 Å². The van der Waals surface area contributed by atoms with Gasteiger partial charge in [-0.05, 0) is 30.2 Å². The van der Waals surface area contributed by atoms with Crippen molar-refractivity contribution in [1.29, 1.82) is 5.26 Å². The molecule has 154 valence electrons. The van der Waals surface area contributed by atoms with Crippen molar-refractivity contribution in [3.8, 4) is 22.9 Å². The number of aliphatic hydroxyl groups excluding tert-OH is 1. The number of nitriles is 1. The van der Waals surface area contributed by atoms with Gasteiger partial charge >= 0.3 is 0 Å². The Balaban J connectivity index is 1.57. The fraction of sp³-hybridized carbons (Fsp3) is 0.217. The predicted molar refractivity (Wildman–Crippen MR) is 110 cm³/mol. The summed E-state index contributed by atoms with van der Waals surface area (Å²) in [5, 5.41) is 19.0. The van der Waals surface area contributed by atoms with E-state index in [4.69, 9.17) is 4.74 Å². The maximum Gasteiger partial charge on any atom is 0.159 e. The molecule has 1 aromatic carbocycles. The highest BCUT2D eigenvalue weighted by atomic mass is 19.1. The van der Waals surface area contributed by atoms with Gasteiger partial charge in [0.2, 0.25) is 0 Å². The van der Waals surface area contributed by atoms with Crippen molar-refractivity contribution >= 4 is 5.65 Å². The molecule has 0 radical (unpaired) electrons. The molecule has 5 rings (SSSR count). The number of imidazole rings is 1. The minimum atomic E-state index is -0.247. The minimum absolute atomic E-state index is 0.226. The van der Waals surface area contributed by atoms with E-state index >= 15 is 0 Å². The first-order valence-electron chi connectivity index (χ1n) is 9.95. The summed E-state index contributed by atoms with van der Waals surface area (Å²) >= 11 is 0. The van der Waals surface area contributed by atoms with Crippen molar-refractivity contribution in [2.24, 2.45) is 0 Å². The smallest absolute Gasteiger partial charge is 0.159 e. The van der Waals surface area contributed by atoms with Gasteiger partial charge in [-0.15, -0.1) is 0 Å². The van der Waals surface area contributed by atoms with Crippen LogP contribution < -0.4 is 4.74 Å². The molecule has 0 bridgehead atoms. The Hall–Kier alpha value is -3.83. The molecule has 0 saturated carbocycles. The van der Waals surface area contributed by atoms with Crippen LogP contribution in [0.2, 0.25) is 0 Å². The quantitative estimate of drug-likeness (QED) is 0.538. The Bertz CT molecular complexity index is 1340. The summed E-state index contributed by atoms with van der Waals surface area (Å²) in [6, 6.07) is 8.78. The molecule has 1 aliphatic rings. The minimum Gasteiger partial charge on any atom is -0.493 e. The van der Waals surface area contributed by atoms with Gasteiger partial charge in [-0.25, -0.2) is 14.4 Å². The molecule has 0 amide bonds. The average Bonchev–Trinajstić information content (AvgIpc) is 3.45. The predicted octanol–water partition coefficient (Wildman–Crippen LogP) is 3.01. The zero-order valence-electron chi connectivity index (χ0n) is 16.5. The molecule has 4 aromatic rings. The van der Waals surface area contributed by atoms with E-state index in [2.05, 4.69) is 21.0 Å². The molecule has 0 unspecified atom stereocenters. The molecule has 4 heterocycles. The Kier molecular flexibility index (Phi) is 4.81. The highest BCUT2D eigenvalue weighted by molar-refractivity contribution is 5.78. The number of hydrogen-bond acceptors (Lipinski definition) is 6. The molecule has 0 fully saturated rings. The Morgan fingerprint density at radius 3 is 2.94 bits per heavy atom. The zero-order chi connectivity index (χ0) is 21.4. The number of aryl methyl sites for hydroxylation is 1. The van der Waals surface area contributed by atoms with E-state index in [1.165, 1.54) is 6.07 Å². The molecule has 0 spiro atoms. The van der Waals surface area contributed by atoms with E-state index in [1.807, 2.05) is 6.07 Å². The van der Waals surface area contributed by atoms with Crippen LogP contribution >= 0.6 is 0 Å². The third kappa shape index (κ3) is 3.29. The van der Waals surface area contributed by atoms with Crippen molar-refractivity contribution in [3.63, 3.8) is 0 Å². The van der Waals surface area contributed by atoms with Crippen LogP contribution in [0, 0.1) is 17.1 Å². The number of nitrogens with zero attached hydrogens (tertiary/aromatic N) is 5. The second kappa shape index (κ2) is 7.78. The first-order chi connectivity index (χ1) is 15.2. The lowest BCUT2D eigenvalue weighted by Gasteiger charge is -2.12. The lowest BCUT2D eigenvalue weighted by atomic mass is 10.00. The number of aromatic nitrogens is 4. The highest BCUT2D eigenvalue weighted by Crippen LogP contribution is 2.31. The summed E-state index contributed by atoms with van der Waals surface area (Å²) in [4.78, 5) is 13.2. The standard InChI is InChI=1S/C23H18FN5O2/c24-19-4-5-21-17(7-9-31-21)15(19)3-6-22-27-11-18(16-2-1-8-26-20(16)13-30)23-28-14(10-25)12-29(22)23/h1-2,4-5,8,11-12,30H,3,6-7,9,13H2. The number of rotatable bonds is 5. The monoisotopic (exact) mass is 415 g/mol. The fourth-order valence-corrected chi connectivity index (χ4v) is 4.09. The molecule has 31 heavy (non-hydrogen) atoms. The van der Waals surface area contributed by atoms with Crippen molar-refractivity contribution in [2.75, 3.05) is 6.61 Å². The van der Waals surface area contributed by atoms with Crippen LogP contribution in [0.5, 0.6) is 5.75 Å². The largest absolute Gasteiger partial charge is 0.493 e. The van der Waals surface area contributed by atoms with Gasteiger partial charge in [0.05, 0.1) is 18.9 Å². The number of benzene rings is 1. The number of fused-ring (bicyclic) bond motifs is 2. The number of pyridine rings is 1. The molecular formula is C23H18FN5O2. The van der Waals surface area contributed by atoms with Crippen LogP contribution in [0.3, 0.4) is 0 Å². The summed E-state index contributed by atoms with van der Waals surface area (Å²) in [7, 11) is 0. The summed E-state index contributed by atoms with van der Waals surface area (Å²) < 4.78 is 21.8. The van der Waals surface area contributed by atoms with E-state index in [0.29, 0.717) is 59.7 Å². The van der Waals surface area contributed by atoms with Crippen LogP contribution in [0.4, 0.5) is 4.39 Å². The topological polar surface area (TPSA) is 96.3 Å². The van der Waals surface area contributed by atoms with Crippen molar-refractivity contribution in [3.05, 3.63) is 77.0 Å². The lowest BCUT2D eigenvalue weighted by Crippen LogP contribution is -2.06. The number of aliphatic hydroxyl groups is 1. The average molecular weight is 415 g/mol. The molecule has 8 heteroatoms. The van der Waals surface area contributed by atoms with Gasteiger partial charge in [0.15, 0.2) is 5.69 Å².